The Kier molecular flexibility index (Phi) is 8.46. The Hall–Kier alpha value is -2.44. The summed E-state index contributed by atoms with van der Waals surface area (Å²) >= 11 is 14.7. The molecule has 1 aliphatic rings. The number of amides is 1. The van der Waals surface area contributed by atoms with Crippen LogP contribution in [0.25, 0.3) is 21.2 Å². The molecule has 1 saturated carbocycles. The molecule has 1 fully saturated rings. The van der Waals surface area contributed by atoms with Crippen molar-refractivity contribution in [3.63, 3.8) is 0 Å². The van der Waals surface area contributed by atoms with Crippen LogP contribution in [0, 0.1) is 0 Å². The van der Waals surface area contributed by atoms with E-state index in [4.69, 9.17) is 23.2 Å². The van der Waals surface area contributed by atoms with Crippen LogP contribution in [0.1, 0.15) is 54.3 Å². The number of rotatable bonds is 8. The maximum atomic E-state index is 14.1. The molecule has 1 amide bonds. The maximum Gasteiger partial charge on any atom is 0.266 e. The van der Waals surface area contributed by atoms with E-state index in [0.717, 1.165) is 65.4 Å². The number of halogens is 2. The number of fused-ring (bicyclic) bond motifs is 1. The van der Waals surface area contributed by atoms with Gasteiger partial charge in [0.05, 0.1) is 10.0 Å². The predicted octanol–water partition coefficient (Wildman–Crippen LogP) is 8.22. The van der Waals surface area contributed by atoms with Crippen molar-refractivity contribution in [1.29, 1.82) is 0 Å². The highest BCUT2D eigenvalue weighted by molar-refractivity contribution is 7.21. The number of carbonyl (C=O) groups is 1. The first kappa shape index (κ1) is 26.2. The Bertz CT molecular complexity index is 1370. The van der Waals surface area contributed by atoms with Crippen LogP contribution in [-0.2, 0) is 6.54 Å². The standard InChI is InChI=1S/C30H31Cl2N3OS/c1-2-15-34-23-9-11-24(12-10-23)35(19-20-5-3-6-22(18-20)21-13-16-33-17-14-21)30(36)29-28(32)27-25(31)7-4-8-26(27)37-29/h3-8,13-14,16-18,23-24,34H,2,9-12,15,19H2,1H3. The summed E-state index contributed by atoms with van der Waals surface area (Å²) in [4.78, 5) is 20.9. The van der Waals surface area contributed by atoms with Crippen molar-refractivity contribution in [2.24, 2.45) is 0 Å². The van der Waals surface area contributed by atoms with Gasteiger partial charge in [-0.3, -0.25) is 9.78 Å². The van der Waals surface area contributed by atoms with Crippen molar-refractivity contribution in [1.82, 2.24) is 15.2 Å². The zero-order chi connectivity index (χ0) is 25.8. The van der Waals surface area contributed by atoms with Gasteiger partial charge in [-0.15, -0.1) is 11.3 Å². The third-order valence-electron chi connectivity index (χ3n) is 7.18. The average molecular weight is 553 g/mol. The molecule has 2 heterocycles. The third-order valence-corrected chi connectivity index (χ3v) is 9.12. The Morgan fingerprint density at radius 3 is 2.51 bits per heavy atom. The summed E-state index contributed by atoms with van der Waals surface area (Å²) in [7, 11) is 0. The molecule has 1 aliphatic carbocycles. The van der Waals surface area contributed by atoms with Gasteiger partial charge in [0.2, 0.25) is 0 Å². The van der Waals surface area contributed by atoms with Gasteiger partial charge in [-0.1, -0.05) is 54.4 Å². The monoisotopic (exact) mass is 551 g/mol. The van der Waals surface area contributed by atoms with E-state index in [1.54, 1.807) is 12.4 Å². The maximum absolute atomic E-state index is 14.1. The van der Waals surface area contributed by atoms with Gasteiger partial charge in [0.25, 0.3) is 5.91 Å². The topological polar surface area (TPSA) is 45.2 Å². The summed E-state index contributed by atoms with van der Waals surface area (Å²) in [6, 6.07) is 18.8. The molecule has 0 radical (unpaired) electrons. The molecule has 1 N–H and O–H groups in total. The fraction of sp³-hybridized carbons (Fsp3) is 0.333. The van der Waals surface area contributed by atoms with E-state index >= 15 is 0 Å². The molecule has 7 heteroatoms. The fourth-order valence-electron chi connectivity index (χ4n) is 5.24. The summed E-state index contributed by atoms with van der Waals surface area (Å²) in [6.07, 6.45) is 8.82. The lowest BCUT2D eigenvalue weighted by Crippen LogP contribution is -2.45. The van der Waals surface area contributed by atoms with Gasteiger partial charge in [-0.25, -0.2) is 0 Å². The zero-order valence-electron chi connectivity index (χ0n) is 20.9. The first-order valence-electron chi connectivity index (χ1n) is 13.0. The van der Waals surface area contributed by atoms with Gasteiger partial charge >= 0.3 is 0 Å². The highest BCUT2D eigenvalue weighted by atomic mass is 35.5. The zero-order valence-corrected chi connectivity index (χ0v) is 23.3. The van der Waals surface area contributed by atoms with Crippen LogP contribution in [0.4, 0.5) is 0 Å². The molecular formula is C30H31Cl2N3OS. The second kappa shape index (κ2) is 12.0. The van der Waals surface area contributed by atoms with Crippen LogP contribution in [-0.4, -0.2) is 34.4 Å². The molecule has 2 aromatic carbocycles. The fourth-order valence-corrected chi connectivity index (χ4v) is 7.14. The van der Waals surface area contributed by atoms with Crippen LogP contribution in [0.3, 0.4) is 0 Å². The summed E-state index contributed by atoms with van der Waals surface area (Å²) < 4.78 is 0.938. The van der Waals surface area contributed by atoms with Crippen LogP contribution in [0.15, 0.2) is 67.0 Å². The van der Waals surface area contributed by atoms with Crippen LogP contribution in [0.5, 0.6) is 0 Å². The number of carbonyl (C=O) groups excluding carboxylic acids is 1. The highest BCUT2D eigenvalue weighted by Gasteiger charge is 2.32. The number of benzene rings is 2. The molecule has 0 saturated heterocycles. The first-order valence-corrected chi connectivity index (χ1v) is 14.5. The smallest absolute Gasteiger partial charge is 0.266 e. The van der Waals surface area contributed by atoms with E-state index in [1.807, 2.05) is 35.2 Å². The summed E-state index contributed by atoms with van der Waals surface area (Å²) in [5.74, 6) is -0.0125. The Labute approximate surface area is 232 Å². The van der Waals surface area contributed by atoms with Gasteiger partial charge in [0.1, 0.15) is 4.88 Å². The lowest BCUT2D eigenvalue weighted by atomic mass is 9.89. The number of thiophene rings is 1. The SMILES string of the molecule is CCCNC1CCC(N(Cc2cccc(-c3ccncc3)c2)C(=O)c2sc3cccc(Cl)c3c2Cl)CC1. The van der Waals surface area contributed by atoms with E-state index < -0.39 is 0 Å². The van der Waals surface area contributed by atoms with Gasteiger partial charge in [0, 0.05) is 41.1 Å². The van der Waals surface area contributed by atoms with Crippen molar-refractivity contribution in [2.75, 3.05) is 6.54 Å². The number of nitrogens with zero attached hydrogens (tertiary/aromatic N) is 2. The number of nitrogens with one attached hydrogen (secondary N) is 1. The number of hydrogen-bond acceptors (Lipinski definition) is 4. The quantitative estimate of drug-likeness (QED) is 0.240. The van der Waals surface area contributed by atoms with Gasteiger partial charge < -0.3 is 10.2 Å². The number of hydrogen-bond donors (Lipinski definition) is 1. The lowest BCUT2D eigenvalue weighted by molar-refractivity contribution is 0.0605. The van der Waals surface area contributed by atoms with Gasteiger partial charge in [-0.2, -0.15) is 0 Å². The first-order chi connectivity index (χ1) is 18.0. The minimum Gasteiger partial charge on any atom is -0.331 e. The van der Waals surface area contributed by atoms with Crippen molar-refractivity contribution >= 4 is 50.5 Å². The largest absolute Gasteiger partial charge is 0.331 e. The lowest BCUT2D eigenvalue weighted by Gasteiger charge is -2.37. The molecule has 5 rings (SSSR count). The Balaban J connectivity index is 1.45. The molecule has 0 aliphatic heterocycles. The van der Waals surface area contributed by atoms with Gasteiger partial charge in [0.15, 0.2) is 0 Å². The normalized spacial score (nSPS) is 17.7. The van der Waals surface area contributed by atoms with E-state index in [-0.39, 0.29) is 11.9 Å². The molecule has 192 valence electrons. The molecule has 0 unspecified atom stereocenters. The minimum absolute atomic E-state index is 0.0125. The molecule has 37 heavy (non-hydrogen) atoms. The van der Waals surface area contributed by atoms with Crippen molar-refractivity contribution in [3.05, 3.63) is 87.5 Å². The van der Waals surface area contributed by atoms with Crippen molar-refractivity contribution in [3.8, 4) is 11.1 Å². The minimum atomic E-state index is -0.0125. The second-order valence-corrected chi connectivity index (χ2v) is 11.5. The van der Waals surface area contributed by atoms with Crippen LogP contribution < -0.4 is 5.32 Å². The number of pyridine rings is 1. The van der Waals surface area contributed by atoms with Crippen LogP contribution in [0.2, 0.25) is 10.0 Å². The summed E-state index contributed by atoms with van der Waals surface area (Å²) in [5, 5.41) is 5.47. The third kappa shape index (κ3) is 5.85. The van der Waals surface area contributed by atoms with E-state index in [2.05, 4.69) is 41.5 Å². The Morgan fingerprint density at radius 2 is 1.78 bits per heavy atom. The van der Waals surface area contributed by atoms with E-state index in [1.165, 1.54) is 11.3 Å². The molecule has 0 spiro atoms. The predicted molar refractivity (Wildman–Crippen MR) is 156 cm³/mol. The van der Waals surface area contributed by atoms with E-state index in [0.29, 0.717) is 27.5 Å². The molecule has 2 aromatic heterocycles. The second-order valence-electron chi connectivity index (χ2n) is 9.69. The number of aromatic nitrogens is 1. The van der Waals surface area contributed by atoms with E-state index in [9.17, 15) is 4.79 Å². The highest BCUT2D eigenvalue weighted by Crippen LogP contribution is 2.41. The summed E-state index contributed by atoms with van der Waals surface area (Å²) in [6.45, 7) is 3.77. The van der Waals surface area contributed by atoms with Crippen molar-refractivity contribution in [2.45, 2.75) is 57.7 Å². The summed E-state index contributed by atoms with van der Waals surface area (Å²) in [5.41, 5.74) is 3.33. The Morgan fingerprint density at radius 1 is 1.03 bits per heavy atom. The van der Waals surface area contributed by atoms with Crippen molar-refractivity contribution < 1.29 is 4.79 Å². The van der Waals surface area contributed by atoms with Gasteiger partial charge in [-0.05, 0) is 85.7 Å². The average Bonchev–Trinajstić information content (AvgIpc) is 3.28. The molecule has 0 bridgehead atoms. The van der Waals surface area contributed by atoms with Crippen LogP contribution >= 0.6 is 34.5 Å². The molecule has 4 aromatic rings. The molecule has 0 atom stereocenters. The molecular weight excluding hydrogens is 521 g/mol. The molecule has 4 nitrogen and oxygen atoms in total.